The number of anilines is 1. The molecule has 3 heterocycles. The smallest absolute Gasteiger partial charge is 0.143 e. The Morgan fingerprint density at radius 3 is 2.58 bits per heavy atom. The number of aromatic nitrogens is 4. The van der Waals surface area contributed by atoms with E-state index in [2.05, 4.69) is 33.4 Å². The largest absolute Gasteiger partial charge is 0.397 e. The zero-order chi connectivity index (χ0) is 13.4. The predicted octanol–water partition coefficient (Wildman–Crippen LogP) is 2.66. The molecule has 0 atom stereocenters. The molecule has 19 heavy (non-hydrogen) atoms. The Morgan fingerprint density at radius 1 is 1.11 bits per heavy atom. The molecular formula is C14H15N5. The molecule has 2 N–H and O–H groups in total. The Labute approximate surface area is 111 Å². The Hall–Kier alpha value is -2.43. The molecule has 0 amide bonds. The number of nitrogens with two attached hydrogens (primary N) is 1. The SMILES string of the molecule is CC(C)n1c(-c2ccncc2N)nc2cnccc21. The minimum Gasteiger partial charge on any atom is -0.397 e. The van der Waals surface area contributed by atoms with Crippen molar-refractivity contribution in [2.75, 3.05) is 5.73 Å². The first kappa shape index (κ1) is 11.6. The number of imidazole rings is 1. The minimum absolute atomic E-state index is 0.287. The average molecular weight is 253 g/mol. The van der Waals surface area contributed by atoms with Crippen LogP contribution in [0.1, 0.15) is 19.9 Å². The zero-order valence-corrected chi connectivity index (χ0v) is 10.9. The molecule has 0 radical (unpaired) electrons. The monoisotopic (exact) mass is 253 g/mol. The molecule has 0 unspecified atom stereocenters. The normalized spacial score (nSPS) is 11.3. The first-order valence-corrected chi connectivity index (χ1v) is 6.20. The second-order valence-electron chi connectivity index (χ2n) is 4.73. The quantitative estimate of drug-likeness (QED) is 0.762. The lowest BCUT2D eigenvalue weighted by Crippen LogP contribution is -2.04. The van der Waals surface area contributed by atoms with Gasteiger partial charge in [0, 0.05) is 24.0 Å². The van der Waals surface area contributed by atoms with Crippen molar-refractivity contribution < 1.29 is 0 Å². The van der Waals surface area contributed by atoms with E-state index in [1.807, 2.05) is 12.1 Å². The summed E-state index contributed by atoms with van der Waals surface area (Å²) in [7, 11) is 0. The van der Waals surface area contributed by atoms with Crippen molar-refractivity contribution >= 4 is 16.7 Å². The van der Waals surface area contributed by atoms with Crippen molar-refractivity contribution in [2.24, 2.45) is 0 Å². The van der Waals surface area contributed by atoms with E-state index < -0.39 is 0 Å². The van der Waals surface area contributed by atoms with E-state index in [4.69, 9.17) is 5.73 Å². The van der Waals surface area contributed by atoms with Crippen LogP contribution in [0.2, 0.25) is 0 Å². The standard InChI is InChI=1S/C14H15N5/c1-9(2)19-13-4-6-17-8-12(13)18-14(19)10-3-5-16-7-11(10)15/h3-9H,15H2,1-2H3. The summed E-state index contributed by atoms with van der Waals surface area (Å²) in [6.07, 6.45) is 6.93. The van der Waals surface area contributed by atoms with Crippen LogP contribution in [-0.2, 0) is 0 Å². The lowest BCUT2D eigenvalue weighted by Gasteiger charge is -2.13. The number of fused-ring (bicyclic) bond motifs is 1. The van der Waals surface area contributed by atoms with Crippen molar-refractivity contribution in [3.05, 3.63) is 36.9 Å². The maximum Gasteiger partial charge on any atom is 0.143 e. The second kappa shape index (κ2) is 4.35. The highest BCUT2D eigenvalue weighted by molar-refractivity contribution is 5.82. The molecule has 3 rings (SSSR count). The van der Waals surface area contributed by atoms with Crippen LogP contribution < -0.4 is 5.73 Å². The van der Waals surface area contributed by atoms with Crippen molar-refractivity contribution in [2.45, 2.75) is 19.9 Å². The fraction of sp³-hybridized carbons (Fsp3) is 0.214. The summed E-state index contributed by atoms with van der Waals surface area (Å²) in [5.41, 5.74) is 9.49. The molecule has 0 aliphatic rings. The molecule has 5 nitrogen and oxygen atoms in total. The first-order valence-electron chi connectivity index (χ1n) is 6.20. The number of nitrogen functional groups attached to an aromatic ring is 1. The van der Waals surface area contributed by atoms with Crippen LogP contribution in [0.3, 0.4) is 0 Å². The van der Waals surface area contributed by atoms with E-state index in [1.165, 1.54) is 0 Å². The van der Waals surface area contributed by atoms with E-state index in [0.717, 1.165) is 22.4 Å². The van der Waals surface area contributed by atoms with Crippen molar-refractivity contribution in [1.82, 2.24) is 19.5 Å². The molecule has 0 saturated carbocycles. The Kier molecular flexibility index (Phi) is 2.67. The first-order chi connectivity index (χ1) is 9.18. The lowest BCUT2D eigenvalue weighted by atomic mass is 10.2. The highest BCUT2D eigenvalue weighted by atomic mass is 15.1. The molecule has 0 aromatic carbocycles. The fourth-order valence-corrected chi connectivity index (χ4v) is 2.27. The third-order valence-corrected chi connectivity index (χ3v) is 3.10. The third-order valence-electron chi connectivity index (χ3n) is 3.10. The Balaban J connectivity index is 2.35. The molecule has 96 valence electrons. The van der Waals surface area contributed by atoms with Crippen LogP contribution in [0.4, 0.5) is 5.69 Å². The predicted molar refractivity (Wildman–Crippen MR) is 75.6 cm³/mol. The van der Waals surface area contributed by atoms with Gasteiger partial charge in [-0.1, -0.05) is 0 Å². The second-order valence-corrected chi connectivity index (χ2v) is 4.73. The zero-order valence-electron chi connectivity index (χ0n) is 10.9. The summed E-state index contributed by atoms with van der Waals surface area (Å²) >= 11 is 0. The van der Waals surface area contributed by atoms with Crippen molar-refractivity contribution in [3.8, 4) is 11.4 Å². The summed E-state index contributed by atoms with van der Waals surface area (Å²) < 4.78 is 2.17. The van der Waals surface area contributed by atoms with E-state index >= 15 is 0 Å². The van der Waals surface area contributed by atoms with Gasteiger partial charge in [0.25, 0.3) is 0 Å². The number of hydrogen-bond acceptors (Lipinski definition) is 4. The van der Waals surface area contributed by atoms with Crippen molar-refractivity contribution in [1.29, 1.82) is 0 Å². The Bertz CT molecular complexity index is 730. The van der Waals surface area contributed by atoms with Gasteiger partial charge in [0.1, 0.15) is 11.3 Å². The summed E-state index contributed by atoms with van der Waals surface area (Å²) in [5, 5.41) is 0. The maximum absolute atomic E-state index is 6.01. The van der Waals surface area contributed by atoms with Gasteiger partial charge < -0.3 is 10.3 Å². The van der Waals surface area contributed by atoms with Crippen LogP contribution in [0.25, 0.3) is 22.4 Å². The van der Waals surface area contributed by atoms with Gasteiger partial charge in [-0.15, -0.1) is 0 Å². The number of rotatable bonds is 2. The van der Waals surface area contributed by atoms with Gasteiger partial charge >= 0.3 is 0 Å². The molecule has 5 heteroatoms. The molecule has 0 fully saturated rings. The molecule has 3 aromatic rings. The van der Waals surface area contributed by atoms with E-state index in [0.29, 0.717) is 5.69 Å². The van der Waals surface area contributed by atoms with E-state index in [-0.39, 0.29) is 6.04 Å². The van der Waals surface area contributed by atoms with E-state index in [1.54, 1.807) is 24.8 Å². The summed E-state index contributed by atoms with van der Waals surface area (Å²) in [6.45, 7) is 4.25. The summed E-state index contributed by atoms with van der Waals surface area (Å²) in [5.74, 6) is 0.859. The number of pyridine rings is 2. The van der Waals surface area contributed by atoms with Gasteiger partial charge in [-0.2, -0.15) is 0 Å². The average Bonchev–Trinajstić information content (AvgIpc) is 2.78. The third kappa shape index (κ3) is 1.83. The lowest BCUT2D eigenvalue weighted by molar-refractivity contribution is 0.624. The van der Waals surface area contributed by atoms with Gasteiger partial charge in [-0.3, -0.25) is 9.97 Å². The van der Waals surface area contributed by atoms with Gasteiger partial charge in [0.2, 0.25) is 0 Å². The summed E-state index contributed by atoms with van der Waals surface area (Å²) in [6, 6.07) is 4.15. The molecule has 0 spiro atoms. The Morgan fingerprint density at radius 2 is 1.84 bits per heavy atom. The van der Waals surface area contributed by atoms with Crippen LogP contribution in [-0.4, -0.2) is 19.5 Å². The maximum atomic E-state index is 6.01. The topological polar surface area (TPSA) is 69.6 Å². The van der Waals surface area contributed by atoms with Gasteiger partial charge in [0.15, 0.2) is 0 Å². The molecule has 0 aliphatic carbocycles. The molecule has 0 saturated heterocycles. The molecular weight excluding hydrogens is 238 g/mol. The molecule has 0 bridgehead atoms. The van der Waals surface area contributed by atoms with Crippen molar-refractivity contribution in [3.63, 3.8) is 0 Å². The summed E-state index contributed by atoms with van der Waals surface area (Å²) in [4.78, 5) is 12.8. The minimum atomic E-state index is 0.287. The molecule has 0 aliphatic heterocycles. The highest BCUT2D eigenvalue weighted by Gasteiger charge is 2.16. The van der Waals surface area contributed by atoms with E-state index in [9.17, 15) is 0 Å². The van der Waals surface area contributed by atoms with Crippen LogP contribution >= 0.6 is 0 Å². The van der Waals surface area contributed by atoms with Crippen LogP contribution in [0.15, 0.2) is 36.9 Å². The molecule has 3 aromatic heterocycles. The van der Waals surface area contributed by atoms with Gasteiger partial charge in [-0.25, -0.2) is 4.98 Å². The fourth-order valence-electron chi connectivity index (χ4n) is 2.27. The number of hydrogen-bond donors (Lipinski definition) is 1. The van der Waals surface area contributed by atoms with Crippen LogP contribution in [0, 0.1) is 0 Å². The highest BCUT2D eigenvalue weighted by Crippen LogP contribution is 2.30. The number of nitrogens with zero attached hydrogens (tertiary/aromatic N) is 4. The van der Waals surface area contributed by atoms with Crippen LogP contribution in [0.5, 0.6) is 0 Å². The van der Waals surface area contributed by atoms with Gasteiger partial charge in [0.05, 0.1) is 23.6 Å². The van der Waals surface area contributed by atoms with Gasteiger partial charge in [-0.05, 0) is 26.0 Å².